The number of benzene rings is 2. The predicted octanol–water partition coefficient (Wildman–Crippen LogP) is 4.20. The summed E-state index contributed by atoms with van der Waals surface area (Å²) in [6, 6.07) is 14.9. The Morgan fingerprint density at radius 2 is 1.81 bits per heavy atom. The molecule has 0 saturated carbocycles. The number of rotatable bonds is 7. The molecule has 31 heavy (non-hydrogen) atoms. The van der Waals surface area contributed by atoms with Crippen molar-refractivity contribution in [3.8, 4) is 0 Å². The molecule has 168 valence electrons. The Balaban J connectivity index is 1.62. The molecule has 2 aromatic rings. The van der Waals surface area contributed by atoms with E-state index in [1.54, 1.807) is 31.2 Å². The summed E-state index contributed by atoms with van der Waals surface area (Å²) < 4.78 is 25.2. The lowest BCUT2D eigenvalue weighted by atomic mass is 9.99. The van der Waals surface area contributed by atoms with Gasteiger partial charge in [-0.15, -0.1) is 0 Å². The first-order valence-electron chi connectivity index (χ1n) is 10.9. The van der Waals surface area contributed by atoms with Gasteiger partial charge in [0, 0.05) is 31.4 Å². The zero-order valence-corrected chi connectivity index (χ0v) is 19.7. The van der Waals surface area contributed by atoms with Gasteiger partial charge in [0.25, 0.3) is 5.91 Å². The lowest BCUT2D eigenvalue weighted by Crippen LogP contribution is -2.34. The lowest BCUT2D eigenvalue weighted by molar-refractivity contribution is 0.0940. The van der Waals surface area contributed by atoms with E-state index in [0.29, 0.717) is 11.3 Å². The predicted molar refractivity (Wildman–Crippen MR) is 127 cm³/mol. The van der Waals surface area contributed by atoms with Crippen molar-refractivity contribution in [1.29, 1.82) is 0 Å². The molecule has 3 rings (SSSR count). The highest BCUT2D eigenvalue weighted by Gasteiger charge is 2.18. The topological polar surface area (TPSA) is 69.7 Å². The fourth-order valence-electron chi connectivity index (χ4n) is 3.94. The Morgan fingerprint density at radius 3 is 2.39 bits per heavy atom. The normalized spacial score (nSPS) is 17.8. The van der Waals surface area contributed by atoms with E-state index in [1.165, 1.54) is 29.9 Å². The Morgan fingerprint density at radius 1 is 1.16 bits per heavy atom. The van der Waals surface area contributed by atoms with Crippen LogP contribution >= 0.6 is 0 Å². The molecule has 0 unspecified atom stereocenters. The van der Waals surface area contributed by atoms with Crippen molar-refractivity contribution in [3.05, 3.63) is 59.7 Å². The Labute approximate surface area is 186 Å². The zero-order valence-electron chi connectivity index (χ0n) is 18.8. The third kappa shape index (κ3) is 5.58. The SMILES string of the molecule is CCS(=O)(=O)N(C)c1ccc(C(=O)N[C@@H](C)c2ccc(N3CCC[C@H](C)C3)cc2)cc1. The highest BCUT2D eigenvalue weighted by Crippen LogP contribution is 2.25. The van der Waals surface area contributed by atoms with E-state index in [-0.39, 0.29) is 17.7 Å². The number of amides is 1. The molecule has 1 aliphatic rings. The van der Waals surface area contributed by atoms with Gasteiger partial charge in [0.05, 0.1) is 17.5 Å². The quantitative estimate of drug-likeness (QED) is 0.696. The number of nitrogens with one attached hydrogen (secondary N) is 1. The molecular formula is C24H33N3O3S. The minimum Gasteiger partial charge on any atom is -0.371 e. The van der Waals surface area contributed by atoms with E-state index in [1.807, 2.05) is 6.92 Å². The summed E-state index contributed by atoms with van der Waals surface area (Å²) in [6.45, 7) is 8.06. The molecule has 1 saturated heterocycles. The van der Waals surface area contributed by atoms with Gasteiger partial charge in [0.1, 0.15) is 0 Å². The molecule has 7 heteroatoms. The van der Waals surface area contributed by atoms with E-state index in [4.69, 9.17) is 0 Å². The molecule has 0 radical (unpaired) electrons. The molecule has 0 aliphatic carbocycles. The second-order valence-corrected chi connectivity index (χ2v) is 10.7. The van der Waals surface area contributed by atoms with Crippen molar-refractivity contribution in [2.45, 2.75) is 39.7 Å². The number of hydrogen-bond acceptors (Lipinski definition) is 4. The number of carbonyl (C=O) groups excluding carboxylic acids is 1. The Bertz CT molecular complexity index is 988. The van der Waals surface area contributed by atoms with E-state index >= 15 is 0 Å². The molecule has 1 aliphatic heterocycles. The molecule has 1 amide bonds. The van der Waals surface area contributed by atoms with E-state index < -0.39 is 10.0 Å². The van der Waals surface area contributed by atoms with Crippen LogP contribution in [0.2, 0.25) is 0 Å². The molecule has 1 heterocycles. The maximum atomic E-state index is 12.7. The monoisotopic (exact) mass is 443 g/mol. The molecule has 0 bridgehead atoms. The molecule has 1 fully saturated rings. The van der Waals surface area contributed by atoms with Gasteiger partial charge in [-0.25, -0.2) is 8.42 Å². The van der Waals surface area contributed by atoms with E-state index in [2.05, 4.69) is 41.4 Å². The summed E-state index contributed by atoms with van der Waals surface area (Å²) >= 11 is 0. The summed E-state index contributed by atoms with van der Waals surface area (Å²) in [6.07, 6.45) is 2.53. The first kappa shape index (κ1) is 23.1. The van der Waals surface area contributed by atoms with Crippen molar-refractivity contribution < 1.29 is 13.2 Å². The average molecular weight is 444 g/mol. The van der Waals surface area contributed by atoms with Crippen LogP contribution in [-0.4, -0.2) is 40.2 Å². The first-order chi connectivity index (χ1) is 14.7. The number of anilines is 2. The smallest absolute Gasteiger partial charge is 0.251 e. The summed E-state index contributed by atoms with van der Waals surface area (Å²) in [5, 5.41) is 3.02. The van der Waals surface area contributed by atoms with Crippen LogP contribution in [-0.2, 0) is 10.0 Å². The van der Waals surface area contributed by atoms with Gasteiger partial charge in [-0.3, -0.25) is 9.10 Å². The van der Waals surface area contributed by atoms with Gasteiger partial charge in [0.15, 0.2) is 0 Å². The minimum absolute atomic E-state index is 0.0266. The summed E-state index contributed by atoms with van der Waals surface area (Å²) in [7, 11) is -1.81. The maximum absolute atomic E-state index is 12.7. The van der Waals surface area contributed by atoms with Crippen LogP contribution in [0.4, 0.5) is 11.4 Å². The fourth-order valence-corrected chi connectivity index (χ4v) is 4.77. The van der Waals surface area contributed by atoms with Gasteiger partial charge in [-0.1, -0.05) is 19.1 Å². The van der Waals surface area contributed by atoms with Gasteiger partial charge >= 0.3 is 0 Å². The van der Waals surface area contributed by atoms with Crippen molar-refractivity contribution >= 4 is 27.3 Å². The van der Waals surface area contributed by atoms with Crippen LogP contribution in [0.5, 0.6) is 0 Å². The molecular weight excluding hydrogens is 410 g/mol. The Kier molecular flexibility index (Phi) is 7.26. The van der Waals surface area contributed by atoms with Gasteiger partial charge in [0.2, 0.25) is 10.0 Å². The average Bonchev–Trinajstić information content (AvgIpc) is 2.78. The number of sulfonamides is 1. The third-order valence-electron chi connectivity index (χ3n) is 6.04. The van der Waals surface area contributed by atoms with Crippen LogP contribution in [0.3, 0.4) is 0 Å². The first-order valence-corrected chi connectivity index (χ1v) is 12.5. The summed E-state index contributed by atoms with van der Waals surface area (Å²) in [5.41, 5.74) is 3.31. The highest BCUT2D eigenvalue weighted by atomic mass is 32.2. The van der Waals surface area contributed by atoms with Crippen molar-refractivity contribution in [1.82, 2.24) is 5.32 Å². The molecule has 0 spiro atoms. The van der Waals surface area contributed by atoms with Crippen molar-refractivity contribution in [2.24, 2.45) is 5.92 Å². The molecule has 0 aromatic heterocycles. The maximum Gasteiger partial charge on any atom is 0.251 e. The van der Waals surface area contributed by atoms with Crippen LogP contribution in [0.25, 0.3) is 0 Å². The van der Waals surface area contributed by atoms with Gasteiger partial charge in [-0.2, -0.15) is 0 Å². The van der Waals surface area contributed by atoms with Crippen LogP contribution in [0, 0.1) is 5.92 Å². The zero-order chi connectivity index (χ0) is 22.6. The van der Waals surface area contributed by atoms with Crippen molar-refractivity contribution in [3.63, 3.8) is 0 Å². The van der Waals surface area contributed by atoms with Crippen LogP contribution in [0.15, 0.2) is 48.5 Å². The van der Waals surface area contributed by atoms with E-state index in [9.17, 15) is 13.2 Å². The summed E-state index contributed by atoms with van der Waals surface area (Å²) in [5.74, 6) is 0.563. The summed E-state index contributed by atoms with van der Waals surface area (Å²) in [4.78, 5) is 15.1. The van der Waals surface area contributed by atoms with Crippen LogP contribution in [0.1, 0.15) is 55.6 Å². The van der Waals surface area contributed by atoms with E-state index in [0.717, 1.165) is 24.6 Å². The second kappa shape index (κ2) is 9.73. The third-order valence-corrected chi connectivity index (χ3v) is 7.81. The second-order valence-electron chi connectivity index (χ2n) is 8.40. The number of nitrogens with zero attached hydrogens (tertiary/aromatic N) is 2. The number of hydrogen-bond donors (Lipinski definition) is 1. The largest absolute Gasteiger partial charge is 0.371 e. The van der Waals surface area contributed by atoms with Crippen molar-refractivity contribution in [2.75, 3.05) is 35.1 Å². The number of piperidine rings is 1. The van der Waals surface area contributed by atoms with Crippen LogP contribution < -0.4 is 14.5 Å². The lowest BCUT2D eigenvalue weighted by Gasteiger charge is -2.33. The highest BCUT2D eigenvalue weighted by molar-refractivity contribution is 7.92. The van der Waals surface area contributed by atoms with Gasteiger partial charge < -0.3 is 10.2 Å². The minimum atomic E-state index is -3.33. The molecule has 6 nitrogen and oxygen atoms in total. The van der Waals surface area contributed by atoms with Gasteiger partial charge in [-0.05, 0) is 74.6 Å². The molecule has 1 N–H and O–H groups in total. The number of carbonyl (C=O) groups is 1. The standard InChI is InChI=1S/C24H33N3O3S/c1-5-31(29,30)26(4)22-12-10-21(11-13-22)24(28)25-19(3)20-8-14-23(15-9-20)27-16-6-7-18(2)17-27/h8-15,18-19H,5-7,16-17H2,1-4H3,(H,25,28)/t18-,19-/m0/s1. The molecule has 2 aromatic carbocycles. The Hall–Kier alpha value is -2.54. The fraction of sp³-hybridized carbons (Fsp3) is 0.458. The molecule has 2 atom stereocenters.